The van der Waals surface area contributed by atoms with Gasteiger partial charge in [-0.2, -0.15) is 0 Å². The van der Waals surface area contributed by atoms with Gasteiger partial charge in [-0.1, -0.05) is 0 Å². The lowest BCUT2D eigenvalue weighted by Gasteiger charge is -2.31. The average molecular weight is 222 g/mol. The second-order valence-electron chi connectivity index (χ2n) is 3.36. The van der Waals surface area contributed by atoms with Crippen molar-refractivity contribution in [2.45, 2.75) is 31.3 Å². The number of aliphatic hydroxyl groups excluding tert-OH is 1. The third-order valence-electron chi connectivity index (χ3n) is 2.42. The molecule has 1 N–H and O–H groups in total. The van der Waals surface area contributed by atoms with Gasteiger partial charge in [0.2, 0.25) is 0 Å². The zero-order valence-electron chi connectivity index (χ0n) is 10.1. The minimum absolute atomic E-state index is 0.161. The van der Waals surface area contributed by atoms with Crippen molar-refractivity contribution in [2.24, 2.45) is 0 Å². The third kappa shape index (κ3) is 4.44. The summed E-state index contributed by atoms with van der Waals surface area (Å²) in [6.07, 6.45) is -1.69. The summed E-state index contributed by atoms with van der Waals surface area (Å²) in [4.78, 5) is 0. The first-order valence-electron chi connectivity index (χ1n) is 4.87. The summed E-state index contributed by atoms with van der Waals surface area (Å²) >= 11 is 0. The number of methoxy groups -OCH3 is 4. The number of hydrogen-bond donors (Lipinski definition) is 1. The molecule has 0 radical (unpaired) electrons. The van der Waals surface area contributed by atoms with Gasteiger partial charge in [-0.3, -0.25) is 0 Å². The van der Waals surface area contributed by atoms with Gasteiger partial charge in [-0.15, -0.1) is 0 Å². The van der Waals surface area contributed by atoms with Crippen molar-refractivity contribution < 1.29 is 24.1 Å². The SMILES string of the molecule is COC[C@@H](O)[C@@H](OC)[C@@H](OC)[C@@H](C)OC. The molecule has 0 aliphatic heterocycles. The molecule has 15 heavy (non-hydrogen) atoms. The van der Waals surface area contributed by atoms with Gasteiger partial charge in [0.15, 0.2) is 0 Å². The fraction of sp³-hybridized carbons (Fsp3) is 1.00. The zero-order valence-corrected chi connectivity index (χ0v) is 10.1. The molecule has 0 bridgehead atoms. The van der Waals surface area contributed by atoms with Crippen LogP contribution in [0.2, 0.25) is 0 Å². The largest absolute Gasteiger partial charge is 0.388 e. The van der Waals surface area contributed by atoms with E-state index in [0.29, 0.717) is 0 Å². The maximum absolute atomic E-state index is 9.77. The highest BCUT2D eigenvalue weighted by molar-refractivity contribution is 4.82. The molecule has 5 heteroatoms. The summed E-state index contributed by atoms with van der Waals surface area (Å²) in [5, 5.41) is 9.77. The van der Waals surface area contributed by atoms with Crippen LogP contribution in [0, 0.1) is 0 Å². The number of hydrogen-bond acceptors (Lipinski definition) is 5. The number of rotatable bonds is 8. The van der Waals surface area contributed by atoms with E-state index in [1.54, 1.807) is 14.2 Å². The first-order valence-corrected chi connectivity index (χ1v) is 4.87. The molecule has 92 valence electrons. The molecule has 0 unspecified atom stereocenters. The molecular weight excluding hydrogens is 200 g/mol. The van der Waals surface area contributed by atoms with Gasteiger partial charge in [0.25, 0.3) is 0 Å². The van der Waals surface area contributed by atoms with Gasteiger partial charge < -0.3 is 24.1 Å². The van der Waals surface area contributed by atoms with Gasteiger partial charge in [0.05, 0.1) is 12.7 Å². The molecule has 0 aromatic rings. The second kappa shape index (κ2) is 8.01. The van der Waals surface area contributed by atoms with E-state index in [9.17, 15) is 5.11 Å². The van der Waals surface area contributed by atoms with Crippen molar-refractivity contribution in [1.29, 1.82) is 0 Å². The van der Waals surface area contributed by atoms with Crippen LogP contribution in [0.5, 0.6) is 0 Å². The van der Waals surface area contributed by atoms with E-state index in [4.69, 9.17) is 18.9 Å². The Kier molecular flexibility index (Phi) is 7.90. The maximum atomic E-state index is 9.77. The Morgan fingerprint density at radius 3 is 1.80 bits per heavy atom. The summed E-state index contributed by atoms with van der Waals surface area (Å²) in [6.45, 7) is 2.06. The molecule has 0 aliphatic rings. The highest BCUT2D eigenvalue weighted by Crippen LogP contribution is 2.14. The van der Waals surface area contributed by atoms with Crippen LogP contribution in [0.25, 0.3) is 0 Å². The van der Waals surface area contributed by atoms with Gasteiger partial charge >= 0.3 is 0 Å². The van der Waals surface area contributed by atoms with E-state index in [2.05, 4.69) is 0 Å². The van der Waals surface area contributed by atoms with Crippen molar-refractivity contribution in [3.05, 3.63) is 0 Å². The lowest BCUT2D eigenvalue weighted by Crippen LogP contribution is -2.48. The van der Waals surface area contributed by atoms with E-state index >= 15 is 0 Å². The smallest absolute Gasteiger partial charge is 0.114 e. The Bertz CT molecular complexity index is 153. The standard InChI is InChI=1S/C10H22O5/c1-7(13-3)9(14-4)10(15-5)8(11)6-12-2/h7-11H,6H2,1-5H3/t7-,8-,9+,10-/m1/s1. The zero-order chi connectivity index (χ0) is 11.8. The molecule has 0 rings (SSSR count). The van der Waals surface area contributed by atoms with Crippen molar-refractivity contribution in [3.63, 3.8) is 0 Å². The fourth-order valence-corrected chi connectivity index (χ4v) is 1.50. The molecule has 0 amide bonds. The maximum Gasteiger partial charge on any atom is 0.114 e. The summed E-state index contributed by atoms with van der Waals surface area (Å²) < 4.78 is 20.5. The second-order valence-corrected chi connectivity index (χ2v) is 3.36. The molecule has 0 aromatic carbocycles. The van der Waals surface area contributed by atoms with E-state index in [1.165, 1.54) is 14.2 Å². The van der Waals surface area contributed by atoms with Crippen LogP contribution >= 0.6 is 0 Å². The molecule has 4 atom stereocenters. The lowest BCUT2D eigenvalue weighted by molar-refractivity contribution is -0.147. The summed E-state index contributed by atoms with van der Waals surface area (Å²) in [5.74, 6) is 0. The van der Waals surface area contributed by atoms with Crippen LogP contribution in [0.4, 0.5) is 0 Å². The quantitative estimate of drug-likeness (QED) is 0.629. The van der Waals surface area contributed by atoms with E-state index in [0.717, 1.165) is 0 Å². The van der Waals surface area contributed by atoms with Crippen LogP contribution in [-0.4, -0.2) is 64.6 Å². The topological polar surface area (TPSA) is 57.2 Å². The van der Waals surface area contributed by atoms with E-state index in [-0.39, 0.29) is 18.8 Å². The molecule has 0 saturated carbocycles. The molecule has 0 saturated heterocycles. The summed E-state index contributed by atoms with van der Waals surface area (Å²) in [5.41, 5.74) is 0. The van der Waals surface area contributed by atoms with Crippen molar-refractivity contribution >= 4 is 0 Å². The minimum Gasteiger partial charge on any atom is -0.388 e. The molecule has 0 spiro atoms. The molecule has 5 nitrogen and oxygen atoms in total. The van der Waals surface area contributed by atoms with E-state index < -0.39 is 12.2 Å². The van der Waals surface area contributed by atoms with Crippen LogP contribution in [-0.2, 0) is 18.9 Å². The van der Waals surface area contributed by atoms with Crippen LogP contribution in [0.1, 0.15) is 6.92 Å². The van der Waals surface area contributed by atoms with Gasteiger partial charge in [0, 0.05) is 28.4 Å². The normalized spacial score (nSPS) is 19.6. The van der Waals surface area contributed by atoms with E-state index in [1.807, 2.05) is 6.92 Å². The number of aliphatic hydroxyl groups is 1. The fourth-order valence-electron chi connectivity index (χ4n) is 1.50. The molecular formula is C10H22O5. The Hall–Kier alpha value is -0.200. The third-order valence-corrected chi connectivity index (χ3v) is 2.42. The predicted molar refractivity (Wildman–Crippen MR) is 55.9 cm³/mol. The molecule has 0 aromatic heterocycles. The minimum atomic E-state index is -0.734. The average Bonchev–Trinajstić information content (AvgIpc) is 2.24. The lowest BCUT2D eigenvalue weighted by atomic mass is 10.0. The predicted octanol–water partition coefficient (Wildman–Crippen LogP) is 0.0586. The monoisotopic (exact) mass is 222 g/mol. The highest BCUT2D eigenvalue weighted by Gasteiger charge is 2.32. The van der Waals surface area contributed by atoms with Gasteiger partial charge in [-0.25, -0.2) is 0 Å². The molecule has 0 aliphatic carbocycles. The van der Waals surface area contributed by atoms with Crippen molar-refractivity contribution in [3.8, 4) is 0 Å². The van der Waals surface area contributed by atoms with Crippen molar-refractivity contribution in [2.75, 3.05) is 35.0 Å². The first-order chi connectivity index (χ1) is 7.12. The molecule has 0 fully saturated rings. The van der Waals surface area contributed by atoms with Crippen LogP contribution in [0.15, 0.2) is 0 Å². The van der Waals surface area contributed by atoms with Crippen LogP contribution in [0.3, 0.4) is 0 Å². The summed E-state index contributed by atoms with van der Waals surface area (Å²) in [6, 6.07) is 0. The highest BCUT2D eigenvalue weighted by atomic mass is 16.6. The summed E-state index contributed by atoms with van der Waals surface area (Å²) in [7, 11) is 6.20. The first kappa shape index (κ1) is 14.8. The number of ether oxygens (including phenoxy) is 4. The van der Waals surface area contributed by atoms with Gasteiger partial charge in [0.1, 0.15) is 18.3 Å². The Balaban J connectivity index is 4.44. The Morgan fingerprint density at radius 1 is 0.933 bits per heavy atom. The van der Waals surface area contributed by atoms with Gasteiger partial charge in [-0.05, 0) is 6.92 Å². The van der Waals surface area contributed by atoms with Crippen LogP contribution < -0.4 is 0 Å². The van der Waals surface area contributed by atoms with Crippen molar-refractivity contribution in [1.82, 2.24) is 0 Å². The Morgan fingerprint density at radius 2 is 1.47 bits per heavy atom. The Labute approximate surface area is 91.3 Å². The molecule has 0 heterocycles.